The van der Waals surface area contributed by atoms with Crippen LogP contribution >= 0.6 is 11.6 Å². The average molecular weight is 219 g/mol. The molecule has 0 atom stereocenters. The molecule has 0 radical (unpaired) electrons. The molecule has 0 spiro atoms. The maximum atomic E-state index is 5.80. The summed E-state index contributed by atoms with van der Waals surface area (Å²) in [6.45, 7) is 0. The van der Waals surface area contributed by atoms with Crippen LogP contribution in [-0.4, -0.2) is 9.97 Å². The normalized spacial score (nSPS) is 10.2. The molecule has 2 nitrogen and oxygen atoms in total. The monoisotopic (exact) mass is 218 g/mol. The van der Waals surface area contributed by atoms with E-state index < -0.39 is 0 Å². The van der Waals surface area contributed by atoms with E-state index in [1.807, 2.05) is 24.4 Å². The Morgan fingerprint density at radius 1 is 1.07 bits per heavy atom. The van der Waals surface area contributed by atoms with Crippen LogP contribution < -0.4 is 0 Å². The third kappa shape index (κ3) is 3.03. The van der Waals surface area contributed by atoms with Gasteiger partial charge in [-0.2, -0.15) is 0 Å². The molecule has 2 rings (SSSR count). The molecule has 0 N–H and O–H groups in total. The third-order valence-electron chi connectivity index (χ3n) is 2.17. The first-order valence-electron chi connectivity index (χ1n) is 4.85. The molecular formula is C12H11ClN2. The number of halogens is 1. The smallest absolute Gasteiger partial charge is 0.129 e. The van der Waals surface area contributed by atoms with Crippen molar-refractivity contribution in [2.24, 2.45) is 0 Å². The van der Waals surface area contributed by atoms with Gasteiger partial charge in [-0.25, -0.2) is 4.98 Å². The number of hydrogen-bond acceptors (Lipinski definition) is 2. The summed E-state index contributed by atoms with van der Waals surface area (Å²) in [5, 5.41) is 0.554. The van der Waals surface area contributed by atoms with Crippen molar-refractivity contribution in [3.05, 3.63) is 59.1 Å². The van der Waals surface area contributed by atoms with Gasteiger partial charge in [0.15, 0.2) is 0 Å². The van der Waals surface area contributed by atoms with Crippen molar-refractivity contribution >= 4 is 11.6 Å². The van der Waals surface area contributed by atoms with Gasteiger partial charge in [0, 0.05) is 18.1 Å². The number of rotatable bonds is 3. The zero-order valence-corrected chi connectivity index (χ0v) is 8.98. The molecule has 3 heteroatoms. The van der Waals surface area contributed by atoms with E-state index in [0.29, 0.717) is 5.15 Å². The fraction of sp³-hybridized carbons (Fsp3) is 0.167. The van der Waals surface area contributed by atoms with Crippen molar-refractivity contribution < 1.29 is 0 Å². The first-order chi connectivity index (χ1) is 7.34. The van der Waals surface area contributed by atoms with Crippen LogP contribution in [0.25, 0.3) is 0 Å². The molecule has 0 amide bonds. The lowest BCUT2D eigenvalue weighted by atomic mass is 10.1. The predicted octanol–water partition coefficient (Wildman–Crippen LogP) is 2.92. The van der Waals surface area contributed by atoms with Gasteiger partial charge >= 0.3 is 0 Å². The SMILES string of the molecule is Clc1cccc(CCc2cccnc2)n1. The largest absolute Gasteiger partial charge is 0.264 e. The lowest BCUT2D eigenvalue weighted by Crippen LogP contribution is -1.94. The first kappa shape index (κ1) is 10.1. The Labute approximate surface area is 94.0 Å². The van der Waals surface area contributed by atoms with Gasteiger partial charge < -0.3 is 0 Å². The number of aryl methyl sites for hydroxylation is 2. The second kappa shape index (κ2) is 4.89. The van der Waals surface area contributed by atoms with Crippen molar-refractivity contribution in [2.45, 2.75) is 12.8 Å². The Hall–Kier alpha value is -1.41. The topological polar surface area (TPSA) is 25.8 Å². The second-order valence-corrected chi connectivity index (χ2v) is 3.70. The molecule has 2 aromatic rings. The van der Waals surface area contributed by atoms with Gasteiger partial charge in [-0.15, -0.1) is 0 Å². The van der Waals surface area contributed by atoms with Gasteiger partial charge in [0.1, 0.15) is 5.15 Å². The minimum absolute atomic E-state index is 0.554. The molecule has 0 saturated carbocycles. The Kier molecular flexibility index (Phi) is 3.30. The minimum Gasteiger partial charge on any atom is -0.264 e. The van der Waals surface area contributed by atoms with Crippen molar-refractivity contribution in [3.8, 4) is 0 Å². The highest BCUT2D eigenvalue weighted by atomic mass is 35.5. The molecule has 0 bridgehead atoms. The Bertz CT molecular complexity index is 429. The number of aromatic nitrogens is 2. The molecule has 0 unspecified atom stereocenters. The van der Waals surface area contributed by atoms with Crippen molar-refractivity contribution in [2.75, 3.05) is 0 Å². The quantitative estimate of drug-likeness (QED) is 0.741. The van der Waals surface area contributed by atoms with Gasteiger partial charge in [0.2, 0.25) is 0 Å². The maximum Gasteiger partial charge on any atom is 0.129 e. The number of hydrogen-bond donors (Lipinski definition) is 0. The zero-order valence-electron chi connectivity index (χ0n) is 8.23. The zero-order chi connectivity index (χ0) is 10.5. The van der Waals surface area contributed by atoms with Crippen molar-refractivity contribution in [3.63, 3.8) is 0 Å². The molecule has 2 heterocycles. The van der Waals surface area contributed by atoms with Gasteiger partial charge in [-0.1, -0.05) is 23.7 Å². The predicted molar refractivity (Wildman–Crippen MR) is 60.9 cm³/mol. The van der Waals surface area contributed by atoms with E-state index in [2.05, 4.69) is 16.0 Å². The van der Waals surface area contributed by atoms with Crippen LogP contribution in [-0.2, 0) is 12.8 Å². The third-order valence-corrected chi connectivity index (χ3v) is 2.38. The molecule has 0 aliphatic carbocycles. The maximum absolute atomic E-state index is 5.80. The number of pyridine rings is 2. The molecule has 76 valence electrons. The van der Waals surface area contributed by atoms with Crippen molar-refractivity contribution in [1.29, 1.82) is 0 Å². The molecule has 2 aromatic heterocycles. The Morgan fingerprint density at radius 2 is 2.00 bits per heavy atom. The minimum atomic E-state index is 0.554. The van der Waals surface area contributed by atoms with E-state index in [0.717, 1.165) is 18.5 Å². The van der Waals surface area contributed by atoms with Crippen LogP contribution in [0.15, 0.2) is 42.7 Å². The molecule has 0 aliphatic rings. The van der Waals surface area contributed by atoms with E-state index in [1.54, 1.807) is 12.3 Å². The summed E-state index contributed by atoms with van der Waals surface area (Å²) < 4.78 is 0. The summed E-state index contributed by atoms with van der Waals surface area (Å²) in [7, 11) is 0. The van der Waals surface area contributed by atoms with Gasteiger partial charge in [-0.05, 0) is 36.6 Å². The standard InChI is InChI=1S/C12H11ClN2/c13-12-5-1-4-11(15-12)7-6-10-3-2-8-14-9-10/h1-5,8-9H,6-7H2. The van der Waals surface area contributed by atoms with Gasteiger partial charge in [0.05, 0.1) is 0 Å². The van der Waals surface area contributed by atoms with E-state index in [-0.39, 0.29) is 0 Å². The second-order valence-electron chi connectivity index (χ2n) is 3.31. The van der Waals surface area contributed by atoms with Crippen LogP contribution in [0.4, 0.5) is 0 Å². The highest BCUT2D eigenvalue weighted by molar-refractivity contribution is 6.29. The van der Waals surface area contributed by atoms with Gasteiger partial charge in [0.25, 0.3) is 0 Å². The fourth-order valence-corrected chi connectivity index (χ4v) is 1.59. The Balaban J connectivity index is 1.99. The molecular weight excluding hydrogens is 208 g/mol. The van der Waals surface area contributed by atoms with Crippen LogP contribution in [0.3, 0.4) is 0 Å². The fourth-order valence-electron chi connectivity index (χ4n) is 1.41. The van der Waals surface area contributed by atoms with E-state index in [4.69, 9.17) is 11.6 Å². The van der Waals surface area contributed by atoms with Crippen LogP contribution in [0.1, 0.15) is 11.3 Å². The highest BCUT2D eigenvalue weighted by Crippen LogP contribution is 2.08. The first-order valence-corrected chi connectivity index (χ1v) is 5.23. The summed E-state index contributed by atoms with van der Waals surface area (Å²) in [5.74, 6) is 0. The molecule has 0 fully saturated rings. The Morgan fingerprint density at radius 3 is 2.73 bits per heavy atom. The van der Waals surface area contributed by atoms with E-state index in [9.17, 15) is 0 Å². The average Bonchev–Trinajstić information content (AvgIpc) is 2.28. The van der Waals surface area contributed by atoms with Crippen LogP contribution in [0.5, 0.6) is 0 Å². The summed E-state index contributed by atoms with van der Waals surface area (Å²) in [5.41, 5.74) is 2.24. The summed E-state index contributed by atoms with van der Waals surface area (Å²) in [6, 6.07) is 9.71. The lowest BCUT2D eigenvalue weighted by Gasteiger charge is -2.00. The van der Waals surface area contributed by atoms with Crippen molar-refractivity contribution in [1.82, 2.24) is 9.97 Å². The van der Waals surface area contributed by atoms with E-state index in [1.165, 1.54) is 5.56 Å². The summed E-state index contributed by atoms with van der Waals surface area (Å²) in [4.78, 5) is 8.30. The molecule has 0 aliphatic heterocycles. The molecule has 0 saturated heterocycles. The molecule has 15 heavy (non-hydrogen) atoms. The van der Waals surface area contributed by atoms with Crippen LogP contribution in [0.2, 0.25) is 5.15 Å². The van der Waals surface area contributed by atoms with Gasteiger partial charge in [-0.3, -0.25) is 4.98 Å². The van der Waals surface area contributed by atoms with E-state index >= 15 is 0 Å². The van der Waals surface area contributed by atoms with Crippen LogP contribution in [0, 0.1) is 0 Å². The summed E-state index contributed by atoms with van der Waals surface area (Å²) in [6.07, 6.45) is 5.50. The highest BCUT2D eigenvalue weighted by Gasteiger charge is 1.97. The lowest BCUT2D eigenvalue weighted by molar-refractivity contribution is 0.907. The number of nitrogens with zero attached hydrogens (tertiary/aromatic N) is 2. The molecule has 0 aromatic carbocycles. The summed E-state index contributed by atoms with van der Waals surface area (Å²) >= 11 is 5.80.